The predicted molar refractivity (Wildman–Crippen MR) is 77.9 cm³/mol. The summed E-state index contributed by atoms with van der Waals surface area (Å²) in [7, 11) is 2.53. The molecule has 0 radical (unpaired) electrons. The Morgan fingerprint density at radius 2 is 1.20 bits per heavy atom. The van der Waals surface area contributed by atoms with Crippen LogP contribution in [0.1, 0.15) is 6.92 Å². The summed E-state index contributed by atoms with van der Waals surface area (Å²) in [6.45, 7) is 1.93. The Bertz CT molecular complexity index is 406. The molecule has 2 fully saturated rings. The average molecular weight is 370 g/mol. The molecule has 148 valence electrons. The fourth-order valence-corrected chi connectivity index (χ4v) is 2.72. The van der Waals surface area contributed by atoms with E-state index in [0.717, 1.165) is 0 Å². The van der Waals surface area contributed by atoms with Gasteiger partial charge in [0.1, 0.15) is 36.6 Å². The first-order valence-corrected chi connectivity index (χ1v) is 7.89. The van der Waals surface area contributed by atoms with E-state index >= 15 is 0 Å². The van der Waals surface area contributed by atoms with Gasteiger partial charge in [-0.2, -0.15) is 0 Å². The third-order valence-electron chi connectivity index (χ3n) is 4.11. The van der Waals surface area contributed by atoms with Crippen LogP contribution in [0.3, 0.4) is 0 Å². The number of methoxy groups -OCH3 is 2. The Morgan fingerprint density at radius 3 is 1.76 bits per heavy atom. The molecule has 0 aliphatic carbocycles. The van der Waals surface area contributed by atoms with Crippen molar-refractivity contribution >= 4 is 0 Å². The zero-order chi connectivity index (χ0) is 18.7. The fraction of sp³-hybridized carbons (Fsp3) is 1.00. The molecule has 2 aliphatic heterocycles. The van der Waals surface area contributed by atoms with Crippen molar-refractivity contribution in [2.24, 2.45) is 0 Å². The Labute approximate surface area is 144 Å². The van der Waals surface area contributed by atoms with Crippen LogP contribution in [0.25, 0.3) is 0 Å². The van der Waals surface area contributed by atoms with E-state index in [9.17, 15) is 25.5 Å². The quantitative estimate of drug-likeness (QED) is 0.322. The number of aliphatic hydroxyl groups is 5. The lowest BCUT2D eigenvalue weighted by atomic mass is 10.0. The van der Waals surface area contributed by atoms with Crippen molar-refractivity contribution in [3.05, 3.63) is 0 Å². The van der Waals surface area contributed by atoms with E-state index in [4.69, 9.17) is 28.4 Å². The standard InChI is InChI=1S/C14H26O11/c1-4-22-12-9(19)6(16)10(14(21-3)25-12)23-13-8(18)5(15)7(17)11(20-2)24-13/h5-19H,4H2,1-3H3/t5-,6?,7?,8?,9?,10?,11-,12+,13?,14-/m0/s1. The molecular weight excluding hydrogens is 344 g/mol. The highest BCUT2D eigenvalue weighted by Gasteiger charge is 2.51. The molecule has 6 unspecified atom stereocenters. The molecule has 0 saturated carbocycles. The van der Waals surface area contributed by atoms with E-state index in [0.29, 0.717) is 0 Å². The van der Waals surface area contributed by atoms with Crippen LogP contribution in [0, 0.1) is 0 Å². The van der Waals surface area contributed by atoms with Crippen LogP contribution in [0.15, 0.2) is 0 Å². The second-order valence-electron chi connectivity index (χ2n) is 5.73. The van der Waals surface area contributed by atoms with Crippen molar-refractivity contribution in [2.75, 3.05) is 20.8 Å². The molecule has 0 aromatic heterocycles. The molecule has 10 atom stereocenters. The number of aliphatic hydroxyl groups excluding tert-OH is 5. The molecule has 0 spiro atoms. The first-order chi connectivity index (χ1) is 11.8. The van der Waals surface area contributed by atoms with Gasteiger partial charge in [0, 0.05) is 20.8 Å². The Balaban J connectivity index is 2.11. The van der Waals surface area contributed by atoms with Crippen molar-refractivity contribution < 1.29 is 54.0 Å². The second-order valence-corrected chi connectivity index (χ2v) is 5.73. The molecule has 0 aromatic carbocycles. The average Bonchev–Trinajstić information content (AvgIpc) is 2.61. The molecule has 2 heterocycles. The highest BCUT2D eigenvalue weighted by atomic mass is 16.8. The maximum Gasteiger partial charge on any atom is 0.189 e. The van der Waals surface area contributed by atoms with Gasteiger partial charge in [-0.3, -0.25) is 0 Å². The van der Waals surface area contributed by atoms with E-state index in [2.05, 4.69) is 0 Å². The van der Waals surface area contributed by atoms with E-state index in [1.54, 1.807) is 6.92 Å². The monoisotopic (exact) mass is 370 g/mol. The lowest BCUT2D eigenvalue weighted by Crippen LogP contribution is -2.64. The van der Waals surface area contributed by atoms with Crippen molar-refractivity contribution in [1.29, 1.82) is 0 Å². The van der Waals surface area contributed by atoms with Crippen LogP contribution >= 0.6 is 0 Å². The van der Waals surface area contributed by atoms with Gasteiger partial charge in [0.25, 0.3) is 0 Å². The SMILES string of the molecule is CCO[C@@H]1O[C@H](OC)C(OC2O[C@H](OC)C(O)[C@H](O)C2O)C(O)C1O. The maximum absolute atomic E-state index is 10.3. The van der Waals surface area contributed by atoms with Crippen LogP contribution in [0.5, 0.6) is 0 Å². The van der Waals surface area contributed by atoms with Gasteiger partial charge in [-0.1, -0.05) is 0 Å². The zero-order valence-electron chi connectivity index (χ0n) is 14.2. The molecule has 25 heavy (non-hydrogen) atoms. The van der Waals surface area contributed by atoms with E-state index in [-0.39, 0.29) is 6.61 Å². The van der Waals surface area contributed by atoms with Crippen LogP contribution in [-0.4, -0.2) is 108 Å². The van der Waals surface area contributed by atoms with Gasteiger partial charge in [0.05, 0.1) is 0 Å². The van der Waals surface area contributed by atoms with Gasteiger partial charge in [-0.05, 0) is 6.92 Å². The Hall–Kier alpha value is -0.440. The largest absolute Gasteiger partial charge is 0.387 e. The normalized spacial score (nSPS) is 48.5. The second kappa shape index (κ2) is 8.97. The topological polar surface area (TPSA) is 157 Å². The third-order valence-corrected chi connectivity index (χ3v) is 4.11. The lowest BCUT2D eigenvalue weighted by Gasteiger charge is -2.45. The number of hydrogen-bond acceptors (Lipinski definition) is 11. The first kappa shape index (κ1) is 20.9. The summed E-state index contributed by atoms with van der Waals surface area (Å²) in [6.07, 6.45) is -13.9. The van der Waals surface area contributed by atoms with Crippen LogP contribution < -0.4 is 0 Å². The van der Waals surface area contributed by atoms with E-state index in [1.807, 2.05) is 0 Å². The van der Waals surface area contributed by atoms with Crippen LogP contribution in [-0.2, 0) is 28.4 Å². The summed E-state index contributed by atoms with van der Waals surface area (Å²) in [6, 6.07) is 0. The van der Waals surface area contributed by atoms with Gasteiger partial charge < -0.3 is 54.0 Å². The molecule has 0 bridgehead atoms. The van der Waals surface area contributed by atoms with Crippen molar-refractivity contribution in [2.45, 2.75) is 68.7 Å². The number of ether oxygens (including phenoxy) is 6. The molecule has 0 amide bonds. The van der Waals surface area contributed by atoms with Gasteiger partial charge in [-0.25, -0.2) is 0 Å². The summed E-state index contributed by atoms with van der Waals surface area (Å²) in [4.78, 5) is 0. The predicted octanol–water partition coefficient (Wildman–Crippen LogP) is -3.13. The highest BCUT2D eigenvalue weighted by molar-refractivity contribution is 4.90. The fourth-order valence-electron chi connectivity index (χ4n) is 2.72. The summed E-state index contributed by atoms with van der Waals surface area (Å²) in [5, 5.41) is 50.0. The molecular formula is C14H26O11. The summed E-state index contributed by atoms with van der Waals surface area (Å²) < 4.78 is 31.3. The van der Waals surface area contributed by atoms with Crippen LogP contribution in [0.4, 0.5) is 0 Å². The van der Waals surface area contributed by atoms with Crippen molar-refractivity contribution in [3.63, 3.8) is 0 Å². The molecule has 2 rings (SSSR count). The molecule has 2 saturated heterocycles. The van der Waals surface area contributed by atoms with Crippen molar-refractivity contribution in [1.82, 2.24) is 0 Å². The van der Waals surface area contributed by atoms with Gasteiger partial charge in [0.15, 0.2) is 25.2 Å². The minimum absolute atomic E-state index is 0.237. The Kier molecular flexibility index (Phi) is 7.49. The van der Waals surface area contributed by atoms with E-state index in [1.165, 1.54) is 14.2 Å². The highest BCUT2D eigenvalue weighted by Crippen LogP contribution is 2.29. The number of rotatable bonds is 6. The molecule has 11 heteroatoms. The summed E-state index contributed by atoms with van der Waals surface area (Å²) in [5.41, 5.74) is 0. The van der Waals surface area contributed by atoms with E-state index < -0.39 is 61.8 Å². The molecule has 0 aromatic rings. The Morgan fingerprint density at radius 1 is 0.680 bits per heavy atom. The maximum atomic E-state index is 10.3. The summed E-state index contributed by atoms with van der Waals surface area (Å²) >= 11 is 0. The smallest absolute Gasteiger partial charge is 0.189 e. The molecule has 5 N–H and O–H groups in total. The van der Waals surface area contributed by atoms with Crippen LogP contribution in [0.2, 0.25) is 0 Å². The lowest BCUT2D eigenvalue weighted by molar-refractivity contribution is -0.399. The number of hydrogen-bond donors (Lipinski definition) is 5. The third kappa shape index (κ3) is 4.28. The summed E-state index contributed by atoms with van der Waals surface area (Å²) in [5.74, 6) is 0. The van der Waals surface area contributed by atoms with Gasteiger partial charge in [-0.15, -0.1) is 0 Å². The first-order valence-electron chi connectivity index (χ1n) is 7.89. The van der Waals surface area contributed by atoms with Crippen molar-refractivity contribution in [3.8, 4) is 0 Å². The van der Waals surface area contributed by atoms with Gasteiger partial charge in [0.2, 0.25) is 0 Å². The molecule has 11 nitrogen and oxygen atoms in total. The zero-order valence-corrected chi connectivity index (χ0v) is 14.2. The minimum Gasteiger partial charge on any atom is -0.387 e. The molecule has 2 aliphatic rings. The van der Waals surface area contributed by atoms with Gasteiger partial charge >= 0.3 is 0 Å². The minimum atomic E-state index is -1.63.